The Morgan fingerprint density at radius 1 is 1.32 bits per heavy atom. The summed E-state index contributed by atoms with van der Waals surface area (Å²) in [5, 5.41) is 2.98. The number of hydrogen-bond donors (Lipinski definition) is 1. The van der Waals surface area contributed by atoms with Crippen molar-refractivity contribution >= 4 is 11.8 Å². The van der Waals surface area contributed by atoms with Crippen molar-refractivity contribution in [1.82, 2.24) is 20.2 Å². The fourth-order valence-electron chi connectivity index (χ4n) is 3.91. The van der Waals surface area contributed by atoms with E-state index in [2.05, 4.69) is 15.3 Å². The normalized spacial score (nSPS) is 21.1. The van der Waals surface area contributed by atoms with Crippen LogP contribution in [0.4, 0.5) is 0 Å². The van der Waals surface area contributed by atoms with Gasteiger partial charge in [0.25, 0.3) is 5.91 Å². The fraction of sp³-hybridized carbons (Fsp3) is 0.444. The van der Waals surface area contributed by atoms with E-state index in [1.807, 2.05) is 18.2 Å². The molecule has 2 amide bonds. The molecule has 0 bridgehead atoms. The zero-order valence-corrected chi connectivity index (χ0v) is 13.9. The molecule has 0 aromatic carbocycles. The second kappa shape index (κ2) is 6.31. The maximum absolute atomic E-state index is 12.8. The molecular weight excluding hydrogens is 320 g/mol. The molecule has 1 unspecified atom stereocenters. The van der Waals surface area contributed by atoms with Gasteiger partial charge in [0.15, 0.2) is 12.1 Å². The van der Waals surface area contributed by atoms with Gasteiger partial charge >= 0.3 is 0 Å². The van der Waals surface area contributed by atoms with Crippen LogP contribution in [-0.2, 0) is 11.3 Å². The summed E-state index contributed by atoms with van der Waals surface area (Å²) in [4.78, 5) is 35.2. The molecule has 2 fully saturated rings. The second-order valence-electron chi connectivity index (χ2n) is 6.87. The maximum atomic E-state index is 12.8. The molecule has 4 rings (SSSR count). The van der Waals surface area contributed by atoms with E-state index in [0.717, 1.165) is 25.0 Å². The first-order valence-electron chi connectivity index (χ1n) is 8.53. The number of nitrogens with zero attached hydrogens (tertiary/aromatic N) is 3. The van der Waals surface area contributed by atoms with Crippen LogP contribution in [0.15, 0.2) is 41.5 Å². The highest BCUT2D eigenvalue weighted by Gasteiger charge is 2.54. The number of amides is 2. The summed E-state index contributed by atoms with van der Waals surface area (Å²) in [6, 6.07) is 5.63. The standard InChI is InChI=1S/C18H20N4O3/c23-16(20-8-13-4-1-2-7-19-13)14-9-22(11-18(14)5-3-6-18)17(24)15-10-25-12-21-15/h1-2,4,7,10,12,14H,3,5-6,8-9,11H2,(H,20,23). The SMILES string of the molecule is O=C(NCc1ccccn1)C1CN(C(=O)c2cocn2)CC12CCC2. The highest BCUT2D eigenvalue weighted by Crippen LogP contribution is 2.51. The summed E-state index contributed by atoms with van der Waals surface area (Å²) in [5.74, 6) is -0.346. The first-order chi connectivity index (χ1) is 12.2. The van der Waals surface area contributed by atoms with Crippen molar-refractivity contribution in [3.63, 3.8) is 0 Å². The van der Waals surface area contributed by atoms with Gasteiger partial charge in [-0.1, -0.05) is 12.5 Å². The summed E-state index contributed by atoms with van der Waals surface area (Å²) >= 11 is 0. The van der Waals surface area contributed by atoms with Gasteiger partial charge in [-0.05, 0) is 25.0 Å². The number of likely N-dealkylation sites (tertiary alicyclic amines) is 1. The predicted molar refractivity (Wildman–Crippen MR) is 88.3 cm³/mol. The Balaban J connectivity index is 1.44. The molecule has 3 heterocycles. The van der Waals surface area contributed by atoms with Crippen LogP contribution in [-0.4, -0.2) is 39.8 Å². The lowest BCUT2D eigenvalue weighted by Crippen LogP contribution is -2.45. The zero-order chi connectivity index (χ0) is 17.3. The predicted octanol–water partition coefficient (Wildman–Crippen LogP) is 1.63. The molecule has 7 nitrogen and oxygen atoms in total. The van der Waals surface area contributed by atoms with Crippen LogP contribution in [0.2, 0.25) is 0 Å². The van der Waals surface area contributed by atoms with Gasteiger partial charge in [-0.25, -0.2) is 4.98 Å². The van der Waals surface area contributed by atoms with Crippen molar-refractivity contribution in [2.24, 2.45) is 11.3 Å². The summed E-state index contributed by atoms with van der Waals surface area (Å²) in [7, 11) is 0. The molecule has 1 saturated carbocycles. The largest absolute Gasteiger partial charge is 0.451 e. The number of carbonyl (C=O) groups is 2. The first kappa shape index (κ1) is 15.8. The third-order valence-corrected chi connectivity index (χ3v) is 5.42. The quantitative estimate of drug-likeness (QED) is 0.914. The van der Waals surface area contributed by atoms with Crippen LogP contribution in [0, 0.1) is 11.3 Å². The lowest BCUT2D eigenvalue weighted by Gasteiger charge is -2.41. The Morgan fingerprint density at radius 2 is 2.20 bits per heavy atom. The summed E-state index contributed by atoms with van der Waals surface area (Å²) in [6.07, 6.45) is 7.39. The highest BCUT2D eigenvalue weighted by molar-refractivity contribution is 5.93. The number of nitrogens with one attached hydrogen (secondary N) is 1. The number of pyridine rings is 1. The Hall–Kier alpha value is -2.70. The Kier molecular flexibility index (Phi) is 3.99. The molecule has 2 aromatic rings. The molecule has 2 aliphatic rings. The van der Waals surface area contributed by atoms with Crippen LogP contribution in [0.3, 0.4) is 0 Å². The van der Waals surface area contributed by atoms with Gasteiger partial charge in [0.05, 0.1) is 18.2 Å². The zero-order valence-electron chi connectivity index (χ0n) is 13.9. The minimum Gasteiger partial charge on any atom is -0.451 e. The van der Waals surface area contributed by atoms with Crippen molar-refractivity contribution in [2.45, 2.75) is 25.8 Å². The van der Waals surface area contributed by atoms with E-state index in [9.17, 15) is 9.59 Å². The Morgan fingerprint density at radius 3 is 2.84 bits per heavy atom. The monoisotopic (exact) mass is 340 g/mol. The topological polar surface area (TPSA) is 88.3 Å². The van der Waals surface area contributed by atoms with E-state index in [1.165, 1.54) is 12.7 Å². The molecule has 25 heavy (non-hydrogen) atoms. The van der Waals surface area contributed by atoms with Gasteiger partial charge in [0, 0.05) is 24.7 Å². The first-order valence-corrected chi connectivity index (χ1v) is 8.53. The van der Waals surface area contributed by atoms with E-state index in [-0.39, 0.29) is 23.1 Å². The molecule has 0 radical (unpaired) electrons. The van der Waals surface area contributed by atoms with E-state index in [0.29, 0.717) is 25.3 Å². The molecule has 7 heteroatoms. The van der Waals surface area contributed by atoms with Gasteiger partial charge in [0.1, 0.15) is 6.26 Å². The minimum atomic E-state index is -0.180. The van der Waals surface area contributed by atoms with Crippen LogP contribution in [0.1, 0.15) is 35.4 Å². The molecule has 130 valence electrons. The molecule has 1 saturated heterocycles. The van der Waals surface area contributed by atoms with Crippen LogP contribution in [0.5, 0.6) is 0 Å². The third kappa shape index (κ3) is 2.90. The van der Waals surface area contributed by atoms with E-state index in [1.54, 1.807) is 11.1 Å². The lowest BCUT2D eigenvalue weighted by atomic mass is 9.62. The average molecular weight is 340 g/mol. The molecule has 2 aromatic heterocycles. The van der Waals surface area contributed by atoms with E-state index < -0.39 is 0 Å². The highest BCUT2D eigenvalue weighted by atomic mass is 16.3. The van der Waals surface area contributed by atoms with Crippen LogP contribution < -0.4 is 5.32 Å². The van der Waals surface area contributed by atoms with Crippen molar-refractivity contribution in [2.75, 3.05) is 13.1 Å². The number of hydrogen-bond acceptors (Lipinski definition) is 5. The molecule has 1 aliphatic heterocycles. The summed E-state index contributed by atoms with van der Waals surface area (Å²) in [5.41, 5.74) is 1.03. The summed E-state index contributed by atoms with van der Waals surface area (Å²) < 4.78 is 4.90. The van der Waals surface area contributed by atoms with Crippen LogP contribution >= 0.6 is 0 Å². The number of carbonyl (C=O) groups excluding carboxylic acids is 2. The molecule has 1 N–H and O–H groups in total. The van der Waals surface area contributed by atoms with Crippen molar-refractivity contribution in [1.29, 1.82) is 0 Å². The Bertz CT molecular complexity index is 756. The van der Waals surface area contributed by atoms with Gasteiger partial charge in [-0.15, -0.1) is 0 Å². The van der Waals surface area contributed by atoms with E-state index >= 15 is 0 Å². The molecule has 1 spiro atoms. The van der Waals surface area contributed by atoms with Crippen molar-refractivity contribution in [3.05, 3.63) is 48.4 Å². The number of oxazole rings is 1. The van der Waals surface area contributed by atoms with Crippen molar-refractivity contribution in [3.8, 4) is 0 Å². The van der Waals surface area contributed by atoms with E-state index in [4.69, 9.17) is 4.42 Å². The smallest absolute Gasteiger partial charge is 0.275 e. The van der Waals surface area contributed by atoms with Gasteiger partial charge < -0.3 is 14.6 Å². The number of rotatable bonds is 4. The minimum absolute atomic E-state index is 0.000746. The van der Waals surface area contributed by atoms with Crippen molar-refractivity contribution < 1.29 is 14.0 Å². The maximum Gasteiger partial charge on any atom is 0.275 e. The lowest BCUT2D eigenvalue weighted by molar-refractivity contribution is -0.129. The number of aromatic nitrogens is 2. The second-order valence-corrected chi connectivity index (χ2v) is 6.87. The van der Waals surface area contributed by atoms with Gasteiger partial charge in [-0.2, -0.15) is 0 Å². The average Bonchev–Trinajstić information content (AvgIpc) is 3.27. The van der Waals surface area contributed by atoms with Gasteiger partial charge in [0.2, 0.25) is 5.91 Å². The molecule has 1 aliphatic carbocycles. The molecular formula is C18H20N4O3. The molecule has 1 atom stereocenters. The Labute approximate surface area is 145 Å². The third-order valence-electron chi connectivity index (χ3n) is 5.42. The van der Waals surface area contributed by atoms with Crippen LogP contribution in [0.25, 0.3) is 0 Å². The fourth-order valence-corrected chi connectivity index (χ4v) is 3.91. The van der Waals surface area contributed by atoms with Gasteiger partial charge in [-0.3, -0.25) is 14.6 Å². The summed E-state index contributed by atoms with van der Waals surface area (Å²) in [6.45, 7) is 1.45.